The van der Waals surface area contributed by atoms with Gasteiger partial charge in [0.25, 0.3) is 0 Å². The number of ketones is 1. The van der Waals surface area contributed by atoms with Crippen molar-refractivity contribution in [3.8, 4) is 5.75 Å². The molecule has 2 atom stereocenters. The molecule has 1 saturated heterocycles. The van der Waals surface area contributed by atoms with Crippen molar-refractivity contribution < 1.29 is 9.90 Å². The van der Waals surface area contributed by atoms with Gasteiger partial charge in [-0.05, 0) is 48.9 Å². The van der Waals surface area contributed by atoms with Gasteiger partial charge in [0, 0.05) is 13.1 Å². The van der Waals surface area contributed by atoms with Crippen LogP contribution in [-0.4, -0.2) is 34.9 Å². The molecule has 0 radical (unpaired) electrons. The number of hydrogen-bond acceptors (Lipinski definition) is 3. The van der Waals surface area contributed by atoms with Gasteiger partial charge in [0.15, 0.2) is 5.78 Å². The predicted octanol–water partition coefficient (Wildman–Crippen LogP) is 4.28. The van der Waals surface area contributed by atoms with Gasteiger partial charge in [-0.25, -0.2) is 0 Å². The molecule has 4 rings (SSSR count). The van der Waals surface area contributed by atoms with Crippen molar-refractivity contribution in [2.24, 2.45) is 0 Å². The molecule has 2 bridgehead atoms. The Morgan fingerprint density at radius 1 is 1.08 bits per heavy atom. The van der Waals surface area contributed by atoms with Crippen molar-refractivity contribution in [1.29, 1.82) is 0 Å². The molecule has 2 aliphatic rings. The van der Waals surface area contributed by atoms with Crippen molar-refractivity contribution in [3.63, 3.8) is 0 Å². The third-order valence-electron chi connectivity index (χ3n) is 6.05. The first-order chi connectivity index (χ1) is 12.2. The maximum atomic E-state index is 13.3. The Bertz CT molecular complexity index is 764. The van der Waals surface area contributed by atoms with Gasteiger partial charge < -0.3 is 5.11 Å². The number of nitrogens with zero attached hydrogens (tertiary/aromatic N) is 1. The molecule has 1 heterocycles. The number of piperidine rings is 1. The second-order valence-corrected chi connectivity index (χ2v) is 7.43. The van der Waals surface area contributed by atoms with Crippen molar-refractivity contribution >= 4 is 22.8 Å². The first-order valence-electron chi connectivity index (χ1n) is 9.31. The van der Waals surface area contributed by atoms with E-state index in [-0.39, 0.29) is 34.2 Å². The summed E-state index contributed by atoms with van der Waals surface area (Å²) in [6.07, 6.45) is 4.81. The fourth-order valence-electron chi connectivity index (χ4n) is 4.68. The molecule has 0 spiro atoms. The lowest BCUT2D eigenvalue weighted by atomic mass is 9.62. The van der Waals surface area contributed by atoms with Crippen molar-refractivity contribution in [2.45, 2.75) is 43.6 Å². The Morgan fingerprint density at radius 3 is 2.65 bits per heavy atom. The van der Waals surface area contributed by atoms with Crippen LogP contribution in [0.15, 0.2) is 54.6 Å². The van der Waals surface area contributed by atoms with E-state index in [4.69, 9.17) is 0 Å². The fourth-order valence-corrected chi connectivity index (χ4v) is 4.68. The van der Waals surface area contributed by atoms with Crippen LogP contribution < -0.4 is 0 Å². The quantitative estimate of drug-likeness (QED) is 0.809. The Hall–Kier alpha value is -1.65. The maximum absolute atomic E-state index is 13.3. The van der Waals surface area contributed by atoms with Gasteiger partial charge in [-0.1, -0.05) is 48.9 Å². The van der Waals surface area contributed by atoms with E-state index in [1.54, 1.807) is 12.1 Å². The number of hydrogen-bond donors (Lipinski definition) is 1. The van der Waals surface area contributed by atoms with Crippen molar-refractivity contribution in [1.82, 2.24) is 4.90 Å². The Kier molecular flexibility index (Phi) is 5.83. The lowest BCUT2D eigenvalue weighted by Gasteiger charge is -2.49. The third kappa shape index (κ3) is 3.45. The molecule has 1 saturated carbocycles. The zero-order chi connectivity index (χ0) is 17.3. The zero-order valence-corrected chi connectivity index (χ0v) is 16.6. The van der Waals surface area contributed by atoms with E-state index in [1.807, 2.05) is 18.2 Å². The largest absolute Gasteiger partial charge is 0.508 e. The molecule has 1 aliphatic carbocycles. The number of halogens is 1. The molecule has 26 heavy (non-hydrogen) atoms. The zero-order valence-electron chi connectivity index (χ0n) is 14.9. The fraction of sp³-hybridized carbons (Fsp3) is 0.409. The highest BCUT2D eigenvalue weighted by molar-refractivity contribution is 8.93. The molecule has 1 N–H and O–H groups in total. The number of carbonyl (C=O) groups excluding carboxylic acids is 1. The highest BCUT2D eigenvalue weighted by Crippen LogP contribution is 2.45. The van der Waals surface area contributed by atoms with Gasteiger partial charge in [0.2, 0.25) is 0 Å². The lowest BCUT2D eigenvalue weighted by molar-refractivity contribution is -0.137. The molecular weight excluding hydrogens is 390 g/mol. The maximum Gasteiger partial charge on any atom is 0.160 e. The molecular formula is C22H26BrNO2. The van der Waals surface area contributed by atoms with Crippen LogP contribution in [-0.2, 0) is 16.6 Å². The average molecular weight is 416 g/mol. The summed E-state index contributed by atoms with van der Waals surface area (Å²) >= 11 is 0. The molecule has 2 aromatic carbocycles. The smallest absolute Gasteiger partial charge is 0.160 e. The van der Waals surface area contributed by atoms with Gasteiger partial charge in [-0.2, -0.15) is 0 Å². The van der Waals surface area contributed by atoms with Gasteiger partial charge in [0.1, 0.15) is 5.75 Å². The molecule has 4 heteroatoms. The normalized spacial score (nSPS) is 25.5. The Labute approximate surface area is 165 Å². The first kappa shape index (κ1) is 19.1. The second kappa shape index (κ2) is 7.93. The minimum absolute atomic E-state index is 0. The number of fused-ring (bicyclic) bond motifs is 2. The molecule has 0 aromatic heterocycles. The highest BCUT2D eigenvalue weighted by Gasteiger charge is 2.50. The van der Waals surface area contributed by atoms with Gasteiger partial charge in [-0.3, -0.25) is 9.69 Å². The summed E-state index contributed by atoms with van der Waals surface area (Å²) in [6.45, 7) is 1.90. The monoisotopic (exact) mass is 415 g/mol. The van der Waals surface area contributed by atoms with Crippen molar-refractivity contribution in [2.75, 3.05) is 13.1 Å². The standard InChI is InChI=1S/C22H25NO2.BrH/c24-19-9-4-8-18(16-19)22-12-5-10-20(21(22)25)23(15-13-22)14-11-17-6-2-1-3-7-17;/h1-4,6-9,16,20,24H,5,10-15H2;1H/t20-,22-;/m0./s1. The number of aromatic hydroxyl groups is 1. The SMILES string of the molecule is Br.O=C1[C@@H]2CCC[C@@]1(c1cccc(O)c1)CCN2CCc1ccccc1. The second-order valence-electron chi connectivity index (χ2n) is 7.43. The average Bonchev–Trinajstić information content (AvgIpc) is 2.62. The summed E-state index contributed by atoms with van der Waals surface area (Å²) in [5.74, 6) is 0.622. The summed E-state index contributed by atoms with van der Waals surface area (Å²) < 4.78 is 0. The van der Waals surface area contributed by atoms with Crippen LogP contribution in [0.1, 0.15) is 36.8 Å². The van der Waals surface area contributed by atoms with E-state index in [2.05, 4.69) is 29.2 Å². The van der Waals surface area contributed by atoms with E-state index in [0.717, 1.165) is 50.8 Å². The number of benzene rings is 2. The molecule has 0 unspecified atom stereocenters. The van der Waals surface area contributed by atoms with Crippen LogP contribution in [0.25, 0.3) is 0 Å². The molecule has 2 fully saturated rings. The number of phenols is 1. The number of carbonyl (C=O) groups is 1. The van der Waals surface area contributed by atoms with Crippen LogP contribution in [0.4, 0.5) is 0 Å². The van der Waals surface area contributed by atoms with Gasteiger partial charge in [0.05, 0.1) is 11.5 Å². The molecule has 2 aromatic rings. The Morgan fingerprint density at radius 2 is 1.88 bits per heavy atom. The molecule has 3 nitrogen and oxygen atoms in total. The lowest BCUT2D eigenvalue weighted by Crippen LogP contribution is -2.59. The van der Waals surface area contributed by atoms with Crippen molar-refractivity contribution in [3.05, 3.63) is 65.7 Å². The molecule has 138 valence electrons. The first-order valence-corrected chi connectivity index (χ1v) is 9.31. The number of phenolic OH excluding ortho intramolecular Hbond substituents is 1. The van der Waals surface area contributed by atoms with E-state index in [9.17, 15) is 9.90 Å². The van der Waals surface area contributed by atoms with Crippen LogP contribution in [0.2, 0.25) is 0 Å². The summed E-state index contributed by atoms with van der Waals surface area (Å²) in [4.78, 5) is 15.7. The van der Waals surface area contributed by atoms with Crippen LogP contribution >= 0.6 is 17.0 Å². The summed E-state index contributed by atoms with van der Waals surface area (Å²) in [6, 6.07) is 17.9. The van der Waals surface area contributed by atoms with E-state index < -0.39 is 0 Å². The molecule has 0 amide bonds. The number of Topliss-reactive ketones (excluding diaryl/α,β-unsaturated/α-hetero) is 1. The third-order valence-corrected chi connectivity index (χ3v) is 6.05. The minimum Gasteiger partial charge on any atom is -0.508 e. The summed E-state index contributed by atoms with van der Waals surface area (Å²) in [5, 5.41) is 9.86. The van der Waals surface area contributed by atoms with E-state index in [1.165, 1.54) is 5.56 Å². The van der Waals surface area contributed by atoms with Gasteiger partial charge >= 0.3 is 0 Å². The number of rotatable bonds is 4. The van der Waals surface area contributed by atoms with E-state index >= 15 is 0 Å². The topological polar surface area (TPSA) is 40.5 Å². The Balaban J connectivity index is 0.00000196. The van der Waals surface area contributed by atoms with Gasteiger partial charge in [-0.15, -0.1) is 17.0 Å². The molecule has 1 aliphatic heterocycles. The minimum atomic E-state index is -0.384. The highest BCUT2D eigenvalue weighted by atomic mass is 79.9. The van der Waals surface area contributed by atoms with Crippen LogP contribution in [0.3, 0.4) is 0 Å². The van der Waals surface area contributed by atoms with Crippen LogP contribution in [0.5, 0.6) is 5.75 Å². The summed E-state index contributed by atoms with van der Waals surface area (Å²) in [7, 11) is 0. The van der Waals surface area contributed by atoms with Crippen LogP contribution in [0, 0.1) is 0 Å². The van der Waals surface area contributed by atoms with E-state index in [0.29, 0.717) is 5.78 Å². The predicted molar refractivity (Wildman–Crippen MR) is 109 cm³/mol. The number of likely N-dealkylation sites (tertiary alicyclic amines) is 1. The summed E-state index contributed by atoms with van der Waals surface area (Å²) in [5.41, 5.74) is 1.95.